The zero-order valence-electron chi connectivity index (χ0n) is 17.2. The normalized spacial score (nSPS) is 17.9. The first-order chi connectivity index (χ1) is 14.6. The third-order valence-electron chi connectivity index (χ3n) is 5.69. The van der Waals surface area contributed by atoms with Crippen LogP contribution in [0.25, 0.3) is 0 Å². The number of carbonyl (C=O) groups excluding carboxylic acids is 1. The standard InChI is InChI=1S/C21H27FN6O2/c1-30-20-15-23-14-19(24-20)27-8-6-25(7-9-27)16-21(29)28-12-10-26(11-13-28)18-4-2-17(22)3-5-18/h2-5,14-15H,6-13,16H2,1H3. The highest BCUT2D eigenvalue weighted by Crippen LogP contribution is 2.18. The lowest BCUT2D eigenvalue weighted by molar-refractivity contribution is -0.132. The maximum Gasteiger partial charge on any atom is 0.236 e. The molecule has 30 heavy (non-hydrogen) atoms. The Balaban J connectivity index is 1.23. The zero-order chi connectivity index (χ0) is 20.9. The number of anilines is 2. The van der Waals surface area contributed by atoms with Crippen LogP contribution in [0.3, 0.4) is 0 Å². The Bertz CT molecular complexity index is 849. The monoisotopic (exact) mass is 414 g/mol. The van der Waals surface area contributed by atoms with Crippen LogP contribution in [-0.4, -0.2) is 91.7 Å². The fourth-order valence-electron chi connectivity index (χ4n) is 3.88. The molecule has 0 aliphatic carbocycles. The molecule has 0 radical (unpaired) electrons. The fraction of sp³-hybridized carbons (Fsp3) is 0.476. The van der Waals surface area contributed by atoms with Gasteiger partial charge in [-0.05, 0) is 24.3 Å². The number of carbonyl (C=O) groups is 1. The minimum Gasteiger partial charge on any atom is -0.480 e. The molecule has 0 atom stereocenters. The predicted octanol–water partition coefficient (Wildman–Crippen LogP) is 1.10. The van der Waals surface area contributed by atoms with E-state index in [1.807, 2.05) is 4.90 Å². The molecule has 2 fully saturated rings. The van der Waals surface area contributed by atoms with Crippen molar-refractivity contribution < 1.29 is 13.9 Å². The second-order valence-electron chi connectivity index (χ2n) is 7.53. The molecule has 2 saturated heterocycles. The van der Waals surface area contributed by atoms with E-state index in [0.29, 0.717) is 25.5 Å². The Hall–Kier alpha value is -2.94. The topological polar surface area (TPSA) is 65.0 Å². The molecule has 2 aliphatic heterocycles. The molecular formula is C21H27FN6O2. The van der Waals surface area contributed by atoms with Gasteiger partial charge in [0.15, 0.2) is 5.82 Å². The lowest BCUT2D eigenvalue weighted by atomic mass is 10.2. The maximum absolute atomic E-state index is 13.1. The molecule has 1 aromatic carbocycles. The summed E-state index contributed by atoms with van der Waals surface area (Å²) in [6.45, 7) is 6.56. The Labute approximate surface area is 175 Å². The predicted molar refractivity (Wildman–Crippen MR) is 112 cm³/mol. The number of piperazine rings is 2. The second-order valence-corrected chi connectivity index (χ2v) is 7.53. The van der Waals surface area contributed by atoms with Gasteiger partial charge in [-0.25, -0.2) is 4.39 Å². The van der Waals surface area contributed by atoms with Crippen LogP contribution in [-0.2, 0) is 4.79 Å². The molecule has 8 nitrogen and oxygen atoms in total. The summed E-state index contributed by atoms with van der Waals surface area (Å²) in [6.07, 6.45) is 3.33. The number of aromatic nitrogens is 2. The first kappa shape index (κ1) is 20.3. The van der Waals surface area contributed by atoms with Crippen LogP contribution < -0.4 is 14.5 Å². The second kappa shape index (κ2) is 9.25. The molecule has 0 spiro atoms. The Morgan fingerprint density at radius 2 is 1.63 bits per heavy atom. The van der Waals surface area contributed by atoms with Crippen molar-refractivity contribution >= 4 is 17.4 Å². The van der Waals surface area contributed by atoms with Crippen molar-refractivity contribution in [3.05, 3.63) is 42.5 Å². The molecular weight excluding hydrogens is 387 g/mol. The van der Waals surface area contributed by atoms with Gasteiger partial charge in [0.25, 0.3) is 0 Å². The zero-order valence-corrected chi connectivity index (χ0v) is 17.2. The van der Waals surface area contributed by atoms with Crippen LogP contribution in [0.15, 0.2) is 36.7 Å². The molecule has 2 aromatic rings. The number of amides is 1. The van der Waals surface area contributed by atoms with E-state index in [0.717, 1.165) is 50.8 Å². The number of hydrogen-bond acceptors (Lipinski definition) is 7. The summed E-state index contributed by atoms with van der Waals surface area (Å²) in [7, 11) is 1.58. The van der Waals surface area contributed by atoms with Crippen molar-refractivity contribution in [2.24, 2.45) is 0 Å². The highest BCUT2D eigenvalue weighted by Gasteiger charge is 2.25. The van der Waals surface area contributed by atoms with Crippen molar-refractivity contribution in [1.29, 1.82) is 0 Å². The lowest BCUT2D eigenvalue weighted by Crippen LogP contribution is -2.54. The molecule has 0 N–H and O–H groups in total. The van der Waals surface area contributed by atoms with Crippen LogP contribution in [0.2, 0.25) is 0 Å². The largest absolute Gasteiger partial charge is 0.480 e. The molecule has 0 saturated carbocycles. The van der Waals surface area contributed by atoms with Gasteiger partial charge in [0, 0.05) is 58.0 Å². The quantitative estimate of drug-likeness (QED) is 0.726. The first-order valence-electron chi connectivity index (χ1n) is 10.2. The van der Waals surface area contributed by atoms with Crippen molar-refractivity contribution in [3.63, 3.8) is 0 Å². The van der Waals surface area contributed by atoms with Gasteiger partial charge in [-0.1, -0.05) is 0 Å². The van der Waals surface area contributed by atoms with E-state index in [1.165, 1.54) is 12.1 Å². The number of rotatable bonds is 5. The van der Waals surface area contributed by atoms with E-state index in [4.69, 9.17) is 4.74 Å². The highest BCUT2D eigenvalue weighted by molar-refractivity contribution is 5.78. The average Bonchev–Trinajstić information content (AvgIpc) is 2.80. The third kappa shape index (κ3) is 4.79. The molecule has 0 unspecified atom stereocenters. The van der Waals surface area contributed by atoms with Crippen LogP contribution in [0.1, 0.15) is 0 Å². The number of benzene rings is 1. The van der Waals surface area contributed by atoms with Crippen LogP contribution in [0.4, 0.5) is 15.9 Å². The van der Waals surface area contributed by atoms with Crippen LogP contribution >= 0.6 is 0 Å². The maximum atomic E-state index is 13.1. The minimum absolute atomic E-state index is 0.170. The van der Waals surface area contributed by atoms with E-state index in [1.54, 1.807) is 31.6 Å². The van der Waals surface area contributed by atoms with Crippen molar-refractivity contribution in [1.82, 2.24) is 19.8 Å². The fourth-order valence-corrected chi connectivity index (χ4v) is 3.88. The first-order valence-corrected chi connectivity index (χ1v) is 10.2. The van der Waals surface area contributed by atoms with Crippen LogP contribution in [0, 0.1) is 5.82 Å². The Kier molecular flexibility index (Phi) is 6.27. The van der Waals surface area contributed by atoms with E-state index in [-0.39, 0.29) is 11.7 Å². The van der Waals surface area contributed by atoms with Gasteiger partial charge in [-0.3, -0.25) is 14.7 Å². The van der Waals surface area contributed by atoms with Gasteiger partial charge < -0.3 is 19.4 Å². The molecule has 9 heteroatoms. The molecule has 3 heterocycles. The smallest absolute Gasteiger partial charge is 0.236 e. The minimum atomic E-state index is -0.230. The lowest BCUT2D eigenvalue weighted by Gasteiger charge is -2.38. The summed E-state index contributed by atoms with van der Waals surface area (Å²) in [6, 6.07) is 6.53. The van der Waals surface area contributed by atoms with E-state index < -0.39 is 0 Å². The summed E-state index contributed by atoms with van der Waals surface area (Å²) >= 11 is 0. The number of nitrogens with zero attached hydrogens (tertiary/aromatic N) is 6. The molecule has 1 amide bonds. The molecule has 2 aliphatic rings. The number of hydrogen-bond donors (Lipinski definition) is 0. The van der Waals surface area contributed by atoms with E-state index >= 15 is 0 Å². The highest BCUT2D eigenvalue weighted by atomic mass is 19.1. The molecule has 4 rings (SSSR count). The van der Waals surface area contributed by atoms with Gasteiger partial charge in [-0.2, -0.15) is 4.98 Å². The van der Waals surface area contributed by atoms with Gasteiger partial charge in [-0.15, -0.1) is 0 Å². The summed E-state index contributed by atoms with van der Waals surface area (Å²) in [5, 5.41) is 0. The Morgan fingerprint density at radius 3 is 2.30 bits per heavy atom. The van der Waals surface area contributed by atoms with Crippen molar-refractivity contribution in [2.75, 3.05) is 75.8 Å². The van der Waals surface area contributed by atoms with Gasteiger partial charge in [0.1, 0.15) is 5.82 Å². The van der Waals surface area contributed by atoms with Crippen molar-refractivity contribution in [2.45, 2.75) is 0 Å². The van der Waals surface area contributed by atoms with E-state index in [9.17, 15) is 9.18 Å². The summed E-state index contributed by atoms with van der Waals surface area (Å²) < 4.78 is 18.3. The Morgan fingerprint density at radius 1 is 0.967 bits per heavy atom. The summed E-state index contributed by atoms with van der Waals surface area (Å²) in [4.78, 5) is 29.8. The van der Waals surface area contributed by atoms with Gasteiger partial charge >= 0.3 is 0 Å². The number of ether oxygens (including phenoxy) is 1. The SMILES string of the molecule is COc1cncc(N2CCN(CC(=O)N3CCN(c4ccc(F)cc4)CC3)CC2)n1. The molecule has 1 aromatic heterocycles. The number of methoxy groups -OCH3 is 1. The van der Waals surface area contributed by atoms with Crippen molar-refractivity contribution in [3.8, 4) is 5.88 Å². The number of halogens is 1. The molecule has 160 valence electrons. The van der Waals surface area contributed by atoms with Gasteiger partial charge in [0.2, 0.25) is 11.8 Å². The van der Waals surface area contributed by atoms with Gasteiger partial charge in [0.05, 0.1) is 26.0 Å². The summed E-state index contributed by atoms with van der Waals surface area (Å²) in [5.74, 6) is 1.25. The average molecular weight is 414 g/mol. The van der Waals surface area contributed by atoms with Crippen LogP contribution in [0.5, 0.6) is 5.88 Å². The molecule has 0 bridgehead atoms. The van der Waals surface area contributed by atoms with E-state index in [2.05, 4.69) is 24.7 Å². The third-order valence-corrected chi connectivity index (χ3v) is 5.69. The summed E-state index contributed by atoms with van der Waals surface area (Å²) in [5.41, 5.74) is 1.00.